The molecule has 2 aliphatic heterocycles. The van der Waals surface area contributed by atoms with E-state index in [1.165, 1.54) is 10.9 Å². The summed E-state index contributed by atoms with van der Waals surface area (Å²) in [7, 11) is 0. The van der Waals surface area contributed by atoms with Crippen molar-refractivity contribution in [3.8, 4) is 0 Å². The summed E-state index contributed by atoms with van der Waals surface area (Å²) in [6.07, 6.45) is -1.12. The average Bonchev–Trinajstić information content (AvgIpc) is 3.34. The van der Waals surface area contributed by atoms with Gasteiger partial charge in [0.25, 0.3) is 0 Å². The van der Waals surface area contributed by atoms with Crippen LogP contribution in [0.5, 0.6) is 0 Å². The highest BCUT2D eigenvalue weighted by atomic mass is 35.5. The van der Waals surface area contributed by atoms with Crippen LogP contribution in [0.4, 0.5) is 35.0 Å². The first kappa shape index (κ1) is 22.8. The van der Waals surface area contributed by atoms with Crippen molar-refractivity contribution in [1.82, 2.24) is 29.6 Å². The van der Waals surface area contributed by atoms with Gasteiger partial charge < -0.3 is 20.4 Å². The molecule has 9 nitrogen and oxygen atoms in total. The first-order valence-electron chi connectivity index (χ1n) is 11.5. The summed E-state index contributed by atoms with van der Waals surface area (Å²) < 4.78 is 62.2. The largest absolute Gasteiger partial charge is 0.418 e. The molecule has 3 aromatic rings. The molecular formula is C21H23ClF4N8O. The molecule has 3 aromatic heterocycles. The first-order valence-corrected chi connectivity index (χ1v) is 11.8. The normalized spacial score (nSPS) is 24.0. The number of nitrogens with zero attached hydrogens (tertiary/aromatic N) is 5. The summed E-state index contributed by atoms with van der Waals surface area (Å²) in [6, 6.07) is -0.193. The van der Waals surface area contributed by atoms with Crippen LogP contribution in [0, 0.1) is 0 Å². The standard InChI is InChI=1S/C21H23ClF4N8O/c22-17-14(6-28-34(17)15-3-4-33(7-13(15)23)11-8-35-9-11)30-20-31-18-16(12(5-27-18)21(24,25)26)19(32-20)29-10-1-2-10/h5-6,10-11,13,15H,1-4,7-9H2,(H3,27,29,30,31,32)/t13-,15-/m0/s1. The van der Waals surface area contributed by atoms with Crippen LogP contribution in [-0.2, 0) is 10.9 Å². The van der Waals surface area contributed by atoms with Gasteiger partial charge in [0, 0.05) is 25.3 Å². The van der Waals surface area contributed by atoms with Crippen LogP contribution in [0.2, 0.25) is 5.15 Å². The van der Waals surface area contributed by atoms with Crippen molar-refractivity contribution in [1.29, 1.82) is 0 Å². The predicted octanol–water partition coefficient (Wildman–Crippen LogP) is 4.13. The van der Waals surface area contributed by atoms with Crippen molar-refractivity contribution in [2.24, 2.45) is 0 Å². The molecule has 2 atom stereocenters. The third-order valence-electron chi connectivity index (χ3n) is 6.73. The van der Waals surface area contributed by atoms with E-state index in [1.54, 1.807) is 0 Å². The van der Waals surface area contributed by atoms with E-state index >= 15 is 4.39 Å². The Hall–Kier alpha value is -2.64. The fourth-order valence-corrected chi connectivity index (χ4v) is 4.84. The fourth-order valence-electron chi connectivity index (χ4n) is 4.58. The Morgan fingerprint density at radius 2 is 1.97 bits per heavy atom. The van der Waals surface area contributed by atoms with Crippen LogP contribution in [0.25, 0.3) is 11.0 Å². The number of nitrogens with one attached hydrogen (secondary N) is 3. The number of aromatic nitrogens is 5. The van der Waals surface area contributed by atoms with Gasteiger partial charge >= 0.3 is 6.18 Å². The molecule has 3 N–H and O–H groups in total. The molecule has 0 aromatic carbocycles. The van der Waals surface area contributed by atoms with Crippen LogP contribution in [0.15, 0.2) is 12.4 Å². The van der Waals surface area contributed by atoms with Gasteiger partial charge in [-0.25, -0.2) is 9.07 Å². The summed E-state index contributed by atoms with van der Waals surface area (Å²) in [5.74, 6) is 0.141. The highest BCUT2D eigenvalue weighted by Crippen LogP contribution is 2.40. The molecule has 188 valence electrons. The second-order valence-corrected chi connectivity index (χ2v) is 9.57. The lowest BCUT2D eigenvalue weighted by Crippen LogP contribution is -2.55. The molecule has 14 heteroatoms. The third-order valence-corrected chi connectivity index (χ3v) is 7.10. The van der Waals surface area contributed by atoms with E-state index < -0.39 is 24.0 Å². The van der Waals surface area contributed by atoms with Gasteiger partial charge in [0.1, 0.15) is 17.6 Å². The molecule has 1 saturated carbocycles. The van der Waals surface area contributed by atoms with Crippen molar-refractivity contribution in [2.75, 3.05) is 36.9 Å². The highest BCUT2D eigenvalue weighted by Gasteiger charge is 2.38. The Labute approximate surface area is 202 Å². The zero-order valence-corrected chi connectivity index (χ0v) is 19.2. The van der Waals surface area contributed by atoms with Crippen molar-refractivity contribution in [3.63, 3.8) is 0 Å². The molecule has 0 radical (unpaired) electrons. The predicted molar refractivity (Wildman–Crippen MR) is 121 cm³/mol. The van der Waals surface area contributed by atoms with E-state index in [0.29, 0.717) is 31.9 Å². The monoisotopic (exact) mass is 514 g/mol. The smallest absolute Gasteiger partial charge is 0.378 e. The number of hydrogen-bond acceptors (Lipinski definition) is 7. The fraction of sp³-hybridized carbons (Fsp3) is 0.571. The van der Waals surface area contributed by atoms with Crippen LogP contribution in [-0.4, -0.2) is 74.2 Å². The lowest BCUT2D eigenvalue weighted by atomic mass is 10.0. The Morgan fingerprint density at radius 3 is 2.63 bits per heavy atom. The second-order valence-electron chi connectivity index (χ2n) is 9.22. The number of halogens is 5. The molecule has 0 unspecified atom stereocenters. The van der Waals surface area contributed by atoms with Crippen LogP contribution in [0.3, 0.4) is 0 Å². The zero-order chi connectivity index (χ0) is 24.3. The van der Waals surface area contributed by atoms with Crippen molar-refractivity contribution < 1.29 is 22.3 Å². The molecule has 0 spiro atoms. The van der Waals surface area contributed by atoms with E-state index in [1.807, 2.05) is 0 Å². The summed E-state index contributed by atoms with van der Waals surface area (Å²) >= 11 is 6.54. The number of aromatic amines is 1. The molecule has 0 bridgehead atoms. The number of hydrogen-bond donors (Lipinski definition) is 3. The van der Waals surface area contributed by atoms with Crippen LogP contribution < -0.4 is 10.6 Å². The molecular weight excluding hydrogens is 492 g/mol. The number of H-pyrrole nitrogens is 1. The van der Waals surface area contributed by atoms with Crippen molar-refractivity contribution >= 4 is 40.1 Å². The molecule has 3 fully saturated rings. The minimum absolute atomic E-state index is 0.0395. The first-order chi connectivity index (χ1) is 16.8. The maximum absolute atomic E-state index is 15.0. The Morgan fingerprint density at radius 1 is 1.17 bits per heavy atom. The van der Waals surface area contributed by atoms with Gasteiger partial charge in [-0.1, -0.05) is 11.6 Å². The lowest BCUT2D eigenvalue weighted by molar-refractivity contribution is -0.136. The van der Waals surface area contributed by atoms with Crippen molar-refractivity contribution in [3.05, 3.63) is 23.1 Å². The van der Waals surface area contributed by atoms with E-state index in [4.69, 9.17) is 16.3 Å². The molecule has 35 heavy (non-hydrogen) atoms. The summed E-state index contributed by atoms with van der Waals surface area (Å²) in [4.78, 5) is 13.2. The number of rotatable bonds is 6. The molecule has 3 aliphatic rings. The van der Waals surface area contributed by atoms with E-state index in [2.05, 4.69) is 35.6 Å². The van der Waals surface area contributed by atoms with Gasteiger partial charge in [-0.15, -0.1) is 0 Å². The number of ether oxygens (including phenoxy) is 1. The lowest BCUT2D eigenvalue weighted by Gasteiger charge is -2.42. The Bertz CT molecular complexity index is 1240. The van der Waals surface area contributed by atoms with E-state index in [-0.39, 0.29) is 46.6 Å². The number of anilines is 3. The minimum atomic E-state index is -4.55. The third kappa shape index (κ3) is 4.29. The quantitative estimate of drug-likeness (QED) is 0.426. The number of alkyl halides is 4. The topological polar surface area (TPSA) is 95.9 Å². The number of piperidine rings is 1. The summed E-state index contributed by atoms with van der Waals surface area (Å²) in [6.45, 7) is 2.24. The minimum Gasteiger partial charge on any atom is -0.378 e. The summed E-state index contributed by atoms with van der Waals surface area (Å²) in [5, 5.41) is 10.3. The van der Waals surface area contributed by atoms with Crippen LogP contribution >= 0.6 is 11.6 Å². The van der Waals surface area contributed by atoms with Gasteiger partial charge in [-0.3, -0.25) is 4.90 Å². The molecule has 6 rings (SSSR count). The van der Waals surface area contributed by atoms with Crippen LogP contribution in [0.1, 0.15) is 30.9 Å². The van der Waals surface area contributed by atoms with Gasteiger partial charge in [-0.05, 0) is 19.3 Å². The number of likely N-dealkylation sites (tertiary alicyclic amines) is 1. The SMILES string of the molecule is F[C@H]1CN(C2COC2)CC[C@@H]1n1ncc(Nc2nc(NC3CC3)c3c(C(F)(F)F)c[nH]c3n2)c1Cl. The average molecular weight is 515 g/mol. The van der Waals surface area contributed by atoms with Gasteiger partial charge in [0.2, 0.25) is 5.95 Å². The molecule has 2 saturated heterocycles. The van der Waals surface area contributed by atoms with Gasteiger partial charge in [0.05, 0.1) is 48.1 Å². The van der Waals surface area contributed by atoms with E-state index in [9.17, 15) is 13.2 Å². The zero-order valence-electron chi connectivity index (χ0n) is 18.4. The Kier molecular flexibility index (Phi) is 5.53. The van der Waals surface area contributed by atoms with E-state index in [0.717, 1.165) is 19.0 Å². The highest BCUT2D eigenvalue weighted by molar-refractivity contribution is 6.32. The second kappa shape index (κ2) is 8.49. The molecule has 1 aliphatic carbocycles. The molecule has 5 heterocycles. The van der Waals surface area contributed by atoms with Gasteiger partial charge in [0.15, 0.2) is 5.15 Å². The maximum Gasteiger partial charge on any atom is 0.418 e. The maximum atomic E-state index is 15.0. The Balaban J connectivity index is 1.25. The number of fused-ring (bicyclic) bond motifs is 1. The molecule has 0 amide bonds. The summed E-state index contributed by atoms with van der Waals surface area (Å²) in [5.41, 5.74) is -0.451. The van der Waals surface area contributed by atoms with Gasteiger partial charge in [-0.2, -0.15) is 28.2 Å². The van der Waals surface area contributed by atoms with Crippen molar-refractivity contribution in [2.45, 2.75) is 49.7 Å².